The molecule has 0 spiro atoms. The minimum atomic E-state index is -1.02. The molecule has 1 aromatic rings. The Morgan fingerprint density at radius 3 is 2.31 bits per heavy atom. The van der Waals surface area contributed by atoms with Gasteiger partial charge in [0.2, 0.25) is 0 Å². The van der Waals surface area contributed by atoms with Crippen LogP contribution in [0.5, 0.6) is 0 Å². The quantitative estimate of drug-likeness (QED) is 0.810. The Bertz CT molecular complexity index is 431. The number of carbonyl (C=O) groups is 1. The SMILES string of the molecule is O=C1C(O)SCN1c1cc(Cl)c(Cl)c(Cl)c1. The lowest BCUT2D eigenvalue weighted by Gasteiger charge is -2.16. The molecule has 0 aliphatic carbocycles. The number of aliphatic hydroxyl groups excluding tert-OH is 1. The van der Waals surface area contributed by atoms with Crippen molar-refractivity contribution in [2.24, 2.45) is 0 Å². The second-order valence-corrected chi connectivity index (χ2v) is 5.37. The molecule has 0 bridgehead atoms. The van der Waals surface area contributed by atoms with Crippen molar-refractivity contribution < 1.29 is 9.90 Å². The van der Waals surface area contributed by atoms with Crippen LogP contribution in [0.2, 0.25) is 15.1 Å². The van der Waals surface area contributed by atoms with Crippen LogP contribution in [0.3, 0.4) is 0 Å². The second-order valence-electron chi connectivity index (χ2n) is 3.14. The van der Waals surface area contributed by atoms with Crippen LogP contribution in [0.4, 0.5) is 5.69 Å². The van der Waals surface area contributed by atoms with Crippen molar-refractivity contribution in [2.45, 2.75) is 5.44 Å². The zero-order chi connectivity index (χ0) is 11.9. The van der Waals surface area contributed by atoms with Gasteiger partial charge in [0.15, 0.2) is 5.44 Å². The summed E-state index contributed by atoms with van der Waals surface area (Å²) in [4.78, 5) is 13.0. The van der Waals surface area contributed by atoms with Crippen LogP contribution in [0.1, 0.15) is 0 Å². The normalized spacial score (nSPS) is 20.6. The smallest absolute Gasteiger partial charge is 0.267 e. The summed E-state index contributed by atoms with van der Waals surface area (Å²) in [6, 6.07) is 3.10. The van der Waals surface area contributed by atoms with Gasteiger partial charge in [-0.25, -0.2) is 0 Å². The minimum Gasteiger partial charge on any atom is -0.373 e. The van der Waals surface area contributed by atoms with Gasteiger partial charge < -0.3 is 5.11 Å². The van der Waals surface area contributed by atoms with E-state index >= 15 is 0 Å². The van der Waals surface area contributed by atoms with Crippen LogP contribution in [0, 0.1) is 0 Å². The lowest BCUT2D eigenvalue weighted by molar-refractivity contribution is -0.121. The Kier molecular flexibility index (Phi) is 3.56. The Morgan fingerprint density at radius 2 is 1.88 bits per heavy atom. The molecule has 86 valence electrons. The van der Waals surface area contributed by atoms with Gasteiger partial charge in [-0.2, -0.15) is 0 Å². The van der Waals surface area contributed by atoms with Crippen molar-refractivity contribution in [3.05, 3.63) is 27.2 Å². The molecule has 1 aliphatic rings. The van der Waals surface area contributed by atoms with Crippen molar-refractivity contribution in [3.8, 4) is 0 Å². The van der Waals surface area contributed by atoms with Gasteiger partial charge in [-0.3, -0.25) is 9.69 Å². The highest BCUT2D eigenvalue weighted by Gasteiger charge is 2.32. The van der Waals surface area contributed by atoms with Crippen molar-refractivity contribution in [3.63, 3.8) is 0 Å². The summed E-state index contributed by atoms with van der Waals surface area (Å²) in [5, 5.41) is 10.1. The van der Waals surface area contributed by atoms with E-state index in [0.29, 0.717) is 11.6 Å². The van der Waals surface area contributed by atoms with Crippen molar-refractivity contribution in [2.75, 3.05) is 10.8 Å². The van der Waals surface area contributed by atoms with Gasteiger partial charge in [-0.05, 0) is 12.1 Å². The number of rotatable bonds is 1. The van der Waals surface area contributed by atoms with Crippen LogP contribution in [-0.2, 0) is 4.79 Å². The summed E-state index contributed by atoms with van der Waals surface area (Å²) in [6.45, 7) is 0. The monoisotopic (exact) mass is 297 g/mol. The molecule has 1 atom stereocenters. The average Bonchev–Trinajstić information content (AvgIpc) is 2.56. The number of halogens is 3. The van der Waals surface area contributed by atoms with E-state index in [1.165, 1.54) is 4.90 Å². The first-order valence-electron chi connectivity index (χ1n) is 4.26. The molecule has 1 aromatic carbocycles. The van der Waals surface area contributed by atoms with E-state index in [-0.39, 0.29) is 21.0 Å². The number of aliphatic hydroxyl groups is 1. The number of thioether (sulfide) groups is 1. The summed E-state index contributed by atoms with van der Waals surface area (Å²) >= 11 is 18.7. The Balaban J connectivity index is 2.39. The Labute approximate surface area is 111 Å². The molecule has 3 nitrogen and oxygen atoms in total. The number of hydrogen-bond donors (Lipinski definition) is 1. The van der Waals surface area contributed by atoms with Crippen molar-refractivity contribution in [1.29, 1.82) is 0 Å². The lowest BCUT2D eigenvalue weighted by Crippen LogP contribution is -2.28. The van der Waals surface area contributed by atoms with Gasteiger partial charge in [0.25, 0.3) is 5.91 Å². The summed E-state index contributed by atoms with van der Waals surface area (Å²) < 4.78 is 0. The number of benzene rings is 1. The first kappa shape index (κ1) is 12.3. The fourth-order valence-corrected chi connectivity index (χ4v) is 2.73. The summed E-state index contributed by atoms with van der Waals surface area (Å²) in [5.74, 6) is -0.00617. The molecule has 1 unspecified atom stereocenters. The molecule has 1 amide bonds. The van der Waals surface area contributed by atoms with Gasteiger partial charge in [0.05, 0.1) is 20.9 Å². The van der Waals surface area contributed by atoms with Gasteiger partial charge in [-0.1, -0.05) is 46.6 Å². The molecule has 0 radical (unpaired) electrons. The molecular weight excluding hydrogens is 293 g/mol. The average molecular weight is 299 g/mol. The van der Waals surface area contributed by atoms with Crippen LogP contribution in [-0.4, -0.2) is 22.3 Å². The first-order valence-corrected chi connectivity index (χ1v) is 6.44. The van der Waals surface area contributed by atoms with Gasteiger partial charge in [-0.15, -0.1) is 0 Å². The van der Waals surface area contributed by atoms with E-state index in [0.717, 1.165) is 11.8 Å². The third-order valence-corrected chi connectivity index (χ3v) is 4.24. The van der Waals surface area contributed by atoms with E-state index in [4.69, 9.17) is 34.8 Å². The van der Waals surface area contributed by atoms with E-state index in [2.05, 4.69) is 0 Å². The van der Waals surface area contributed by atoms with Gasteiger partial charge in [0, 0.05) is 5.69 Å². The Hall–Kier alpha value is -0.130. The molecule has 1 fully saturated rings. The third kappa shape index (κ3) is 2.13. The van der Waals surface area contributed by atoms with Crippen LogP contribution >= 0.6 is 46.6 Å². The number of amides is 1. The van der Waals surface area contributed by atoms with Crippen LogP contribution in [0.25, 0.3) is 0 Å². The third-order valence-electron chi connectivity index (χ3n) is 2.12. The molecule has 1 N–H and O–H groups in total. The standard InChI is InChI=1S/C9H6Cl3NO2S/c10-5-1-4(2-6(11)7(5)12)13-3-16-9(15)8(13)14/h1-2,9,15H,3H2. The molecule has 1 aliphatic heterocycles. The molecule has 1 saturated heterocycles. The number of carbonyl (C=O) groups excluding carboxylic acids is 1. The van der Waals surface area contributed by atoms with Crippen molar-refractivity contribution in [1.82, 2.24) is 0 Å². The van der Waals surface area contributed by atoms with Crippen LogP contribution < -0.4 is 4.90 Å². The summed E-state index contributed by atoms with van der Waals surface area (Å²) in [7, 11) is 0. The molecule has 0 aromatic heterocycles. The maximum absolute atomic E-state index is 11.5. The molecular formula is C9H6Cl3NO2S. The van der Waals surface area contributed by atoms with E-state index in [1.807, 2.05) is 0 Å². The van der Waals surface area contributed by atoms with Crippen molar-refractivity contribution >= 4 is 58.2 Å². The molecule has 7 heteroatoms. The highest BCUT2D eigenvalue weighted by atomic mass is 35.5. The molecule has 16 heavy (non-hydrogen) atoms. The molecule has 0 saturated carbocycles. The largest absolute Gasteiger partial charge is 0.373 e. The maximum Gasteiger partial charge on any atom is 0.267 e. The van der Waals surface area contributed by atoms with E-state index in [9.17, 15) is 9.90 Å². The molecule has 1 heterocycles. The fraction of sp³-hybridized carbons (Fsp3) is 0.222. The lowest BCUT2D eigenvalue weighted by atomic mass is 10.3. The second kappa shape index (κ2) is 4.63. The maximum atomic E-state index is 11.5. The highest BCUT2D eigenvalue weighted by Crippen LogP contribution is 2.37. The number of hydrogen-bond acceptors (Lipinski definition) is 3. The predicted octanol–water partition coefficient (Wildman–Crippen LogP) is 3.00. The topological polar surface area (TPSA) is 40.5 Å². The predicted molar refractivity (Wildman–Crippen MR) is 67.4 cm³/mol. The van der Waals surface area contributed by atoms with E-state index < -0.39 is 5.44 Å². The zero-order valence-electron chi connectivity index (χ0n) is 7.78. The van der Waals surface area contributed by atoms with Gasteiger partial charge in [0.1, 0.15) is 0 Å². The number of nitrogens with zero attached hydrogens (tertiary/aromatic N) is 1. The minimum absolute atomic E-state index is 0.256. The van der Waals surface area contributed by atoms with Gasteiger partial charge >= 0.3 is 0 Å². The summed E-state index contributed by atoms with van der Waals surface area (Å²) in [5.41, 5.74) is -0.485. The number of anilines is 1. The first-order chi connectivity index (χ1) is 7.50. The summed E-state index contributed by atoms with van der Waals surface area (Å²) in [6.07, 6.45) is 0. The Morgan fingerprint density at radius 1 is 1.31 bits per heavy atom. The fourth-order valence-electron chi connectivity index (χ4n) is 1.31. The van der Waals surface area contributed by atoms with Crippen LogP contribution in [0.15, 0.2) is 12.1 Å². The van der Waals surface area contributed by atoms with E-state index in [1.54, 1.807) is 12.1 Å². The highest BCUT2D eigenvalue weighted by molar-refractivity contribution is 8.01. The molecule has 2 rings (SSSR count). The zero-order valence-corrected chi connectivity index (χ0v) is 10.9.